The zero-order valence-electron chi connectivity index (χ0n) is 15.2. The van der Waals surface area contributed by atoms with Crippen LogP contribution in [0.1, 0.15) is 16.7 Å². The molecule has 0 saturated heterocycles. The number of nitrogens with zero attached hydrogens (tertiary/aromatic N) is 1. The highest BCUT2D eigenvalue weighted by atomic mass is 35.5. The second-order valence-corrected chi connectivity index (χ2v) is 7.33. The third-order valence-corrected chi connectivity index (χ3v) is 5.08. The van der Waals surface area contributed by atoms with Gasteiger partial charge in [0.2, 0.25) is 0 Å². The molecule has 146 valence electrons. The number of hydrogen-bond donors (Lipinski definition) is 1. The van der Waals surface area contributed by atoms with Crippen LogP contribution in [0, 0.1) is 0 Å². The molecule has 0 fully saturated rings. The summed E-state index contributed by atoms with van der Waals surface area (Å²) < 4.78 is 11.4. The van der Waals surface area contributed by atoms with Gasteiger partial charge in [-0.3, -0.25) is 4.98 Å². The fourth-order valence-corrected chi connectivity index (χ4v) is 3.26. The van der Waals surface area contributed by atoms with Crippen molar-refractivity contribution in [2.24, 2.45) is 0 Å². The van der Waals surface area contributed by atoms with Gasteiger partial charge >= 0.3 is 0 Å². The molecule has 3 aromatic rings. The van der Waals surface area contributed by atoms with Crippen LogP contribution >= 0.6 is 34.8 Å². The van der Waals surface area contributed by atoms with Crippen molar-refractivity contribution in [3.05, 3.63) is 86.6 Å². The van der Waals surface area contributed by atoms with Gasteiger partial charge in [0.25, 0.3) is 0 Å². The first-order valence-corrected chi connectivity index (χ1v) is 9.73. The Labute approximate surface area is 179 Å². The number of ether oxygens (including phenoxy) is 2. The van der Waals surface area contributed by atoms with Crippen LogP contribution < -0.4 is 14.8 Å². The molecule has 28 heavy (non-hydrogen) atoms. The van der Waals surface area contributed by atoms with E-state index in [-0.39, 0.29) is 0 Å². The molecule has 0 unspecified atom stereocenters. The molecule has 0 spiro atoms. The summed E-state index contributed by atoms with van der Waals surface area (Å²) >= 11 is 18.4. The molecular formula is C21H19Cl3N2O2. The van der Waals surface area contributed by atoms with E-state index in [0.29, 0.717) is 39.7 Å². The predicted molar refractivity (Wildman–Crippen MR) is 114 cm³/mol. The maximum absolute atomic E-state index is 6.44. The monoisotopic (exact) mass is 436 g/mol. The molecule has 0 saturated carbocycles. The summed E-state index contributed by atoms with van der Waals surface area (Å²) in [6, 6.07) is 13.1. The molecule has 0 aliphatic heterocycles. The van der Waals surface area contributed by atoms with Gasteiger partial charge in [-0.25, -0.2) is 0 Å². The molecule has 0 amide bonds. The highest BCUT2D eigenvalue weighted by Gasteiger charge is 2.13. The summed E-state index contributed by atoms with van der Waals surface area (Å²) in [5.41, 5.74) is 3.04. The maximum Gasteiger partial charge on any atom is 0.180 e. The van der Waals surface area contributed by atoms with Crippen LogP contribution in [0.4, 0.5) is 0 Å². The van der Waals surface area contributed by atoms with Gasteiger partial charge in [0.15, 0.2) is 11.5 Å². The number of nitrogens with one attached hydrogen (secondary N) is 1. The SMILES string of the molecule is COc1cc(CNCc2ccncc2)cc(Cl)c1OCc1ccc(Cl)c(Cl)c1. The van der Waals surface area contributed by atoms with E-state index >= 15 is 0 Å². The number of methoxy groups -OCH3 is 1. The molecular weight excluding hydrogens is 419 g/mol. The van der Waals surface area contributed by atoms with Crippen LogP contribution in [-0.2, 0) is 19.7 Å². The van der Waals surface area contributed by atoms with Gasteiger partial charge in [0, 0.05) is 25.5 Å². The highest BCUT2D eigenvalue weighted by Crippen LogP contribution is 2.37. The van der Waals surface area contributed by atoms with Crippen molar-refractivity contribution in [1.82, 2.24) is 10.3 Å². The molecule has 0 atom stereocenters. The van der Waals surface area contributed by atoms with Crippen molar-refractivity contribution in [3.63, 3.8) is 0 Å². The van der Waals surface area contributed by atoms with Crippen molar-refractivity contribution < 1.29 is 9.47 Å². The van der Waals surface area contributed by atoms with E-state index in [4.69, 9.17) is 44.3 Å². The summed E-state index contributed by atoms with van der Waals surface area (Å²) in [5.74, 6) is 1.07. The van der Waals surface area contributed by atoms with Crippen LogP contribution in [0.2, 0.25) is 15.1 Å². The van der Waals surface area contributed by atoms with Crippen molar-refractivity contribution in [3.8, 4) is 11.5 Å². The van der Waals surface area contributed by atoms with Gasteiger partial charge in [0.05, 0.1) is 22.2 Å². The summed E-state index contributed by atoms with van der Waals surface area (Å²) in [6.07, 6.45) is 3.55. The molecule has 7 heteroatoms. The van der Waals surface area contributed by atoms with Crippen LogP contribution in [0.3, 0.4) is 0 Å². The van der Waals surface area contributed by atoms with Crippen LogP contribution in [-0.4, -0.2) is 12.1 Å². The van der Waals surface area contributed by atoms with Crippen molar-refractivity contribution in [1.29, 1.82) is 0 Å². The second-order valence-electron chi connectivity index (χ2n) is 6.11. The summed E-state index contributed by atoms with van der Waals surface area (Å²) in [5, 5.41) is 4.85. The molecule has 1 heterocycles. The topological polar surface area (TPSA) is 43.4 Å². The fraction of sp³-hybridized carbons (Fsp3) is 0.190. The Kier molecular flexibility index (Phi) is 7.40. The third kappa shape index (κ3) is 5.52. The Hall–Kier alpha value is -1.98. The molecule has 0 radical (unpaired) electrons. The first kappa shape index (κ1) is 20.7. The van der Waals surface area contributed by atoms with Gasteiger partial charge in [-0.15, -0.1) is 0 Å². The highest BCUT2D eigenvalue weighted by molar-refractivity contribution is 6.42. The lowest BCUT2D eigenvalue weighted by Crippen LogP contribution is -2.13. The van der Waals surface area contributed by atoms with E-state index in [9.17, 15) is 0 Å². The number of aromatic nitrogens is 1. The van der Waals surface area contributed by atoms with Crippen molar-refractivity contribution >= 4 is 34.8 Å². The lowest BCUT2D eigenvalue weighted by Gasteiger charge is -2.15. The molecule has 0 aliphatic rings. The lowest BCUT2D eigenvalue weighted by molar-refractivity contribution is 0.284. The standard InChI is InChI=1S/C21H19Cl3N2O2/c1-27-20-10-16(12-26-11-14-4-6-25-7-5-14)9-19(24)21(20)28-13-15-2-3-17(22)18(23)8-15/h2-10,26H,11-13H2,1H3. The Bertz CT molecular complexity index is 936. The average Bonchev–Trinajstić information content (AvgIpc) is 2.70. The zero-order valence-corrected chi connectivity index (χ0v) is 17.5. The number of pyridine rings is 1. The smallest absolute Gasteiger partial charge is 0.180 e. The Morgan fingerprint density at radius 2 is 1.54 bits per heavy atom. The lowest BCUT2D eigenvalue weighted by atomic mass is 10.2. The quantitative estimate of drug-likeness (QED) is 0.475. The number of benzene rings is 2. The Morgan fingerprint density at radius 1 is 0.821 bits per heavy atom. The predicted octanol–water partition coefficient (Wildman–Crippen LogP) is 5.92. The minimum Gasteiger partial charge on any atom is -0.493 e. The third-order valence-electron chi connectivity index (χ3n) is 4.06. The number of rotatable bonds is 8. The fourth-order valence-electron chi connectivity index (χ4n) is 2.65. The van der Waals surface area contributed by atoms with E-state index in [1.54, 1.807) is 31.6 Å². The molecule has 3 rings (SSSR count). The zero-order chi connectivity index (χ0) is 19.9. The summed E-state index contributed by atoms with van der Waals surface area (Å²) in [4.78, 5) is 4.01. The molecule has 0 bridgehead atoms. The van der Waals surface area contributed by atoms with Crippen molar-refractivity contribution in [2.75, 3.05) is 7.11 Å². The molecule has 4 nitrogen and oxygen atoms in total. The molecule has 0 aliphatic carbocycles. The average molecular weight is 438 g/mol. The van der Waals surface area contributed by atoms with Crippen molar-refractivity contribution in [2.45, 2.75) is 19.7 Å². The maximum atomic E-state index is 6.44. The normalized spacial score (nSPS) is 10.7. The second kappa shape index (κ2) is 9.99. The largest absolute Gasteiger partial charge is 0.493 e. The van der Waals surface area contributed by atoms with Gasteiger partial charge in [0.1, 0.15) is 6.61 Å². The minimum atomic E-state index is 0.298. The van der Waals surface area contributed by atoms with Gasteiger partial charge < -0.3 is 14.8 Å². The Balaban J connectivity index is 1.66. The molecule has 1 N–H and O–H groups in total. The molecule has 1 aromatic heterocycles. The summed E-state index contributed by atoms with van der Waals surface area (Å²) in [7, 11) is 1.59. The Morgan fingerprint density at radius 3 is 2.25 bits per heavy atom. The minimum absolute atomic E-state index is 0.298. The first-order chi connectivity index (χ1) is 13.6. The van der Waals surface area contributed by atoms with E-state index in [1.807, 2.05) is 30.3 Å². The van der Waals surface area contributed by atoms with Crippen LogP contribution in [0.5, 0.6) is 11.5 Å². The van der Waals surface area contributed by atoms with Gasteiger partial charge in [-0.1, -0.05) is 40.9 Å². The van der Waals surface area contributed by atoms with Crippen LogP contribution in [0.25, 0.3) is 0 Å². The van der Waals surface area contributed by atoms with Gasteiger partial charge in [-0.2, -0.15) is 0 Å². The summed E-state index contributed by atoms with van der Waals surface area (Å²) in [6.45, 7) is 1.68. The van der Waals surface area contributed by atoms with E-state index in [0.717, 1.165) is 23.2 Å². The number of hydrogen-bond acceptors (Lipinski definition) is 4. The molecule has 2 aromatic carbocycles. The van der Waals surface area contributed by atoms with Gasteiger partial charge in [-0.05, 0) is 53.1 Å². The van der Waals surface area contributed by atoms with E-state index < -0.39 is 0 Å². The first-order valence-electron chi connectivity index (χ1n) is 8.59. The number of halogens is 3. The van der Waals surface area contributed by atoms with Crippen LogP contribution in [0.15, 0.2) is 54.9 Å². The van der Waals surface area contributed by atoms with E-state index in [1.165, 1.54) is 0 Å². The van der Waals surface area contributed by atoms with E-state index in [2.05, 4.69) is 10.3 Å².